The number of nitrogen functional groups attached to an aromatic ring is 1. The Balaban J connectivity index is 1.85. The maximum absolute atomic E-state index is 5.52. The fraction of sp³-hybridized carbons (Fsp3) is 0.333. The summed E-state index contributed by atoms with van der Waals surface area (Å²) in [4.78, 5) is 11.2. The Morgan fingerprint density at radius 2 is 2.10 bits per heavy atom. The van der Waals surface area contributed by atoms with Gasteiger partial charge in [-0.3, -0.25) is 0 Å². The summed E-state index contributed by atoms with van der Waals surface area (Å²) < 4.78 is 1.10. The second-order valence-electron chi connectivity index (χ2n) is 5.34. The van der Waals surface area contributed by atoms with Crippen LogP contribution in [-0.2, 0) is 6.54 Å². The van der Waals surface area contributed by atoms with Gasteiger partial charge in [-0.1, -0.05) is 34.1 Å². The molecule has 1 fully saturated rings. The number of anilines is 2. The van der Waals surface area contributed by atoms with Crippen molar-refractivity contribution in [2.24, 2.45) is 5.84 Å². The van der Waals surface area contributed by atoms with Gasteiger partial charge in [0.2, 0.25) is 0 Å². The topological polar surface area (TPSA) is 67.1 Å². The van der Waals surface area contributed by atoms with Crippen LogP contribution >= 0.6 is 15.9 Å². The molecule has 1 heterocycles. The lowest BCUT2D eigenvalue weighted by Gasteiger charge is -2.20. The average molecular weight is 348 g/mol. The van der Waals surface area contributed by atoms with Crippen molar-refractivity contribution in [2.75, 3.05) is 17.4 Å². The Bertz CT molecular complexity index is 642. The fourth-order valence-electron chi connectivity index (χ4n) is 2.21. The minimum atomic E-state index is 0.494. The lowest BCUT2D eigenvalue weighted by molar-refractivity contribution is 0.852. The Morgan fingerprint density at radius 1 is 1.33 bits per heavy atom. The molecular weight excluding hydrogens is 330 g/mol. The molecule has 3 rings (SSSR count). The van der Waals surface area contributed by atoms with Crippen LogP contribution in [0.25, 0.3) is 0 Å². The molecule has 0 amide bonds. The molecule has 1 aromatic carbocycles. The first kappa shape index (κ1) is 14.3. The molecule has 3 N–H and O–H groups in total. The minimum Gasteiger partial charge on any atom is -0.355 e. The number of aromatic nitrogens is 2. The summed E-state index contributed by atoms with van der Waals surface area (Å²) in [5, 5.41) is 0. The van der Waals surface area contributed by atoms with Gasteiger partial charge in [0.05, 0.1) is 0 Å². The van der Waals surface area contributed by atoms with Crippen molar-refractivity contribution in [1.29, 1.82) is 0 Å². The molecule has 0 aliphatic heterocycles. The summed E-state index contributed by atoms with van der Waals surface area (Å²) in [6.45, 7) is 0.770. The first-order valence-corrected chi connectivity index (χ1v) is 7.77. The van der Waals surface area contributed by atoms with Crippen molar-refractivity contribution in [1.82, 2.24) is 9.97 Å². The molecule has 0 atom stereocenters. The number of nitrogens with one attached hydrogen (secondary N) is 1. The van der Waals surface area contributed by atoms with Crippen LogP contribution in [0.15, 0.2) is 34.8 Å². The van der Waals surface area contributed by atoms with Gasteiger partial charge in [-0.15, -0.1) is 0 Å². The highest BCUT2D eigenvalue weighted by molar-refractivity contribution is 9.10. The molecule has 110 valence electrons. The van der Waals surface area contributed by atoms with Gasteiger partial charge in [-0.05, 0) is 24.5 Å². The molecule has 1 saturated carbocycles. The fourth-order valence-corrected chi connectivity index (χ4v) is 2.62. The zero-order chi connectivity index (χ0) is 14.8. The van der Waals surface area contributed by atoms with Crippen molar-refractivity contribution in [2.45, 2.75) is 25.3 Å². The van der Waals surface area contributed by atoms with Crippen molar-refractivity contribution in [3.8, 4) is 0 Å². The van der Waals surface area contributed by atoms with E-state index in [-0.39, 0.29) is 0 Å². The molecule has 0 bridgehead atoms. The summed E-state index contributed by atoms with van der Waals surface area (Å²) in [7, 11) is 2.03. The van der Waals surface area contributed by atoms with Crippen LogP contribution in [0.4, 0.5) is 11.6 Å². The predicted octanol–water partition coefficient (Wildman–Crippen LogP) is 3.04. The lowest BCUT2D eigenvalue weighted by atomic mass is 10.2. The number of hydrogen-bond donors (Lipinski definition) is 2. The lowest BCUT2D eigenvalue weighted by Crippen LogP contribution is -2.20. The number of benzene rings is 1. The smallest absolute Gasteiger partial charge is 0.145 e. The van der Waals surface area contributed by atoms with Gasteiger partial charge in [-0.25, -0.2) is 15.8 Å². The van der Waals surface area contributed by atoms with Gasteiger partial charge in [0, 0.05) is 30.0 Å². The van der Waals surface area contributed by atoms with E-state index in [0.717, 1.165) is 22.7 Å². The largest absolute Gasteiger partial charge is 0.355 e. The normalized spacial score (nSPS) is 14.0. The zero-order valence-electron chi connectivity index (χ0n) is 11.9. The van der Waals surface area contributed by atoms with E-state index in [0.29, 0.717) is 11.7 Å². The molecule has 1 aromatic heterocycles. The van der Waals surface area contributed by atoms with E-state index in [1.807, 2.05) is 31.3 Å². The van der Waals surface area contributed by atoms with E-state index in [1.165, 1.54) is 18.4 Å². The monoisotopic (exact) mass is 347 g/mol. The first-order valence-electron chi connectivity index (χ1n) is 6.97. The SMILES string of the molecule is CN(Cc1ccccc1Br)c1cc(NN)nc(C2CC2)n1. The highest BCUT2D eigenvalue weighted by Crippen LogP contribution is 2.39. The van der Waals surface area contributed by atoms with Gasteiger partial charge in [0.1, 0.15) is 17.5 Å². The Kier molecular flexibility index (Phi) is 4.07. The van der Waals surface area contributed by atoms with Crippen LogP contribution in [0.3, 0.4) is 0 Å². The van der Waals surface area contributed by atoms with Crippen LogP contribution in [-0.4, -0.2) is 17.0 Å². The van der Waals surface area contributed by atoms with E-state index >= 15 is 0 Å². The highest BCUT2D eigenvalue weighted by atomic mass is 79.9. The van der Waals surface area contributed by atoms with Crippen molar-refractivity contribution in [3.05, 3.63) is 46.2 Å². The minimum absolute atomic E-state index is 0.494. The molecule has 0 unspecified atom stereocenters. The van der Waals surface area contributed by atoms with Crippen LogP contribution in [0.1, 0.15) is 30.1 Å². The van der Waals surface area contributed by atoms with E-state index in [2.05, 4.69) is 42.3 Å². The number of nitrogens with two attached hydrogens (primary N) is 1. The summed E-state index contributed by atoms with van der Waals surface area (Å²) >= 11 is 3.58. The molecule has 1 aliphatic carbocycles. The van der Waals surface area contributed by atoms with Crippen LogP contribution < -0.4 is 16.2 Å². The number of halogens is 1. The molecule has 6 heteroatoms. The van der Waals surface area contributed by atoms with E-state index < -0.39 is 0 Å². The highest BCUT2D eigenvalue weighted by Gasteiger charge is 2.27. The molecule has 0 saturated heterocycles. The van der Waals surface area contributed by atoms with E-state index in [1.54, 1.807) is 0 Å². The zero-order valence-corrected chi connectivity index (χ0v) is 13.5. The quantitative estimate of drug-likeness (QED) is 0.642. The van der Waals surface area contributed by atoms with Crippen molar-refractivity contribution < 1.29 is 0 Å². The third kappa shape index (κ3) is 3.33. The van der Waals surface area contributed by atoms with Gasteiger partial charge in [-0.2, -0.15) is 0 Å². The van der Waals surface area contributed by atoms with Crippen molar-refractivity contribution in [3.63, 3.8) is 0 Å². The number of rotatable bonds is 5. The number of hydrogen-bond acceptors (Lipinski definition) is 5. The van der Waals surface area contributed by atoms with Crippen LogP contribution in [0.2, 0.25) is 0 Å². The van der Waals surface area contributed by atoms with Gasteiger partial charge in [0.15, 0.2) is 0 Å². The third-order valence-corrected chi connectivity index (χ3v) is 4.35. The number of hydrazine groups is 1. The van der Waals surface area contributed by atoms with E-state index in [9.17, 15) is 0 Å². The van der Waals surface area contributed by atoms with E-state index in [4.69, 9.17) is 5.84 Å². The second-order valence-corrected chi connectivity index (χ2v) is 6.19. The van der Waals surface area contributed by atoms with Gasteiger partial charge in [0.25, 0.3) is 0 Å². The third-order valence-electron chi connectivity index (χ3n) is 3.58. The standard InChI is InChI=1S/C15H18BrN5/c1-21(9-11-4-2-3-5-12(11)16)14-8-13(20-17)18-15(19-14)10-6-7-10/h2-5,8,10H,6-7,9,17H2,1H3,(H,18,19,20). The summed E-state index contributed by atoms with van der Waals surface area (Å²) in [6.07, 6.45) is 2.34. The Morgan fingerprint density at radius 3 is 2.76 bits per heavy atom. The summed E-state index contributed by atoms with van der Waals surface area (Å²) in [5.74, 6) is 8.45. The van der Waals surface area contributed by atoms with Crippen molar-refractivity contribution >= 4 is 27.6 Å². The first-order chi connectivity index (χ1) is 10.2. The molecule has 2 aromatic rings. The van der Waals surface area contributed by atoms with Crippen LogP contribution in [0.5, 0.6) is 0 Å². The van der Waals surface area contributed by atoms with Gasteiger partial charge < -0.3 is 10.3 Å². The van der Waals surface area contributed by atoms with Gasteiger partial charge >= 0.3 is 0 Å². The molecule has 1 aliphatic rings. The molecular formula is C15H18BrN5. The summed E-state index contributed by atoms with van der Waals surface area (Å²) in [6, 6.07) is 10.1. The predicted molar refractivity (Wildman–Crippen MR) is 88.1 cm³/mol. The Labute approximate surface area is 132 Å². The van der Waals surface area contributed by atoms with Crippen LogP contribution in [0, 0.1) is 0 Å². The molecule has 0 radical (unpaired) electrons. The molecule has 0 spiro atoms. The number of nitrogens with zero attached hydrogens (tertiary/aromatic N) is 3. The maximum atomic E-state index is 5.52. The summed E-state index contributed by atoms with van der Waals surface area (Å²) in [5.41, 5.74) is 3.85. The Hall–Kier alpha value is -1.66. The molecule has 21 heavy (non-hydrogen) atoms. The molecule has 5 nitrogen and oxygen atoms in total. The maximum Gasteiger partial charge on any atom is 0.145 e. The average Bonchev–Trinajstić information content (AvgIpc) is 3.34. The second kappa shape index (κ2) is 5.99.